The van der Waals surface area contributed by atoms with Gasteiger partial charge in [-0.3, -0.25) is 67.2 Å². The summed E-state index contributed by atoms with van der Waals surface area (Å²) < 4.78 is 27.5. The molecule has 0 unspecified atom stereocenters. The van der Waals surface area contributed by atoms with Gasteiger partial charge in [-0.2, -0.15) is 23.5 Å². The highest BCUT2D eigenvalue weighted by atomic mass is 32.2. The first-order valence-corrected chi connectivity index (χ1v) is 43.3. The molecule has 3 aromatic carbocycles. The van der Waals surface area contributed by atoms with Gasteiger partial charge in [0.1, 0.15) is 66.0 Å². The van der Waals surface area contributed by atoms with Crippen LogP contribution < -0.4 is 68.9 Å². The molecule has 2 aliphatic rings. The number of aromatic nitrogens is 1. The number of hydrogen-bond acceptors (Lipinski definition) is 22. The van der Waals surface area contributed by atoms with Crippen LogP contribution in [0, 0.1) is 11.3 Å². The van der Waals surface area contributed by atoms with Gasteiger partial charge in [0.15, 0.2) is 0 Å². The molecule has 0 saturated heterocycles. The number of fused-ring (bicyclic) bond motifs is 3. The fourth-order valence-electron chi connectivity index (χ4n) is 13.1. The lowest BCUT2D eigenvalue weighted by Gasteiger charge is -2.32. The average molecular weight is 1670 g/mol. The first-order valence-electron chi connectivity index (χ1n) is 38.2. The van der Waals surface area contributed by atoms with Crippen LogP contribution in [0.4, 0.5) is 5.69 Å². The lowest BCUT2D eigenvalue weighted by molar-refractivity contribution is -0.138. The first kappa shape index (κ1) is 92.9. The Morgan fingerprint density at radius 2 is 1.14 bits per heavy atom. The summed E-state index contributed by atoms with van der Waals surface area (Å²) in [4.78, 5) is 178. The van der Waals surface area contributed by atoms with E-state index in [4.69, 9.17) is 5.73 Å². The van der Waals surface area contributed by atoms with Crippen LogP contribution in [0.5, 0.6) is 0 Å². The Bertz CT molecular complexity index is 4310. The second-order valence-electron chi connectivity index (χ2n) is 30.9. The molecule has 1 fully saturated rings. The Kier molecular flexibility index (Phi) is 35.2. The van der Waals surface area contributed by atoms with Crippen molar-refractivity contribution >= 4 is 132 Å². The maximum Gasteiger partial charge on any atom is 0.245 e. The van der Waals surface area contributed by atoms with Crippen molar-refractivity contribution in [3.63, 3.8) is 0 Å². The quantitative estimate of drug-likeness (QED) is 0.0626. The van der Waals surface area contributed by atoms with Crippen molar-refractivity contribution in [3.05, 3.63) is 131 Å². The Morgan fingerprint density at radius 1 is 0.617 bits per heavy atom. The number of aliphatic hydroxyl groups excluding tert-OH is 4. The standard InChI is InChI=1S/C79H110N14O18S4/c1-10-14-55-69(101)90-65(45(3)96)75(107)87-61(67(80)99)43-113-41-50-16-13-15-49(35-50)40-112-34-30-63(98)89-66(78(4,5)6)76(108)86-58(36-46-19-23-52(24-20-46)93-115(9,110)111)71(103)84-59(38-48-27-31-81-32-28-48)72(104)91-64(44(2)95)74(106)85-60(39-51-42-114-62-18-12-11-17-54(51)62)73(105)92-79(7,8)77(109)88-56(29-33-94)68(100)83-57(70(102)82-55)37-47-21-25-53(97)26-22-47/h11-13,15-20,23-24,27-28,31-32,35,42,44-45,47,53,55-61,64-66,93-97H,10,14,21-22,25-26,29-30,33-34,36-41,43H2,1-9H3,(H2,80,99)(H,82,102)(H,83,100)(H,84,103)(H,85,106)(H,86,108)(H,87,107)(H,88,109)(H,89,98)(H,90,101)(H,91,104)(H,92,105)/t44-,45-,47?,53?,55+,56+,57+,58+,59+,60+,61+,64+,65+,66-/m1/s1. The van der Waals surface area contributed by atoms with E-state index < -0.39 is 184 Å². The number of carbonyl (C=O) groups excluding carboxylic acids is 12. The molecule has 115 heavy (non-hydrogen) atoms. The Hall–Kier alpha value is -9.30. The molecule has 1 aliphatic carbocycles. The lowest BCUT2D eigenvalue weighted by Crippen LogP contribution is -2.64. The van der Waals surface area contributed by atoms with Crippen LogP contribution in [0.1, 0.15) is 141 Å². The van der Waals surface area contributed by atoms with E-state index in [1.165, 1.54) is 99.2 Å². The highest BCUT2D eigenvalue weighted by Gasteiger charge is 2.42. The fraction of sp³-hybridized carbons (Fsp3) is 0.532. The number of pyridine rings is 1. The maximum absolute atomic E-state index is 15.1. The van der Waals surface area contributed by atoms with Crippen molar-refractivity contribution in [1.82, 2.24) is 63.5 Å². The largest absolute Gasteiger partial charge is 0.396 e. The number of thiophene rings is 1. The van der Waals surface area contributed by atoms with Gasteiger partial charge in [0.2, 0.25) is 80.9 Å². The van der Waals surface area contributed by atoms with Crippen molar-refractivity contribution < 1.29 is 86.4 Å². The van der Waals surface area contributed by atoms with Crippen LogP contribution in [-0.2, 0) is 98.3 Å². The molecule has 12 atom stereocenters. The number of aliphatic hydroxyl groups is 4. The van der Waals surface area contributed by atoms with Crippen LogP contribution in [-0.4, -0.2) is 213 Å². The molecule has 0 spiro atoms. The molecule has 1 saturated carbocycles. The predicted molar refractivity (Wildman–Crippen MR) is 438 cm³/mol. The normalized spacial score (nSPS) is 25.4. The van der Waals surface area contributed by atoms with Crippen LogP contribution in [0.2, 0.25) is 0 Å². The molecule has 1 aliphatic heterocycles. The molecule has 18 N–H and O–H groups in total. The number of hydrogen-bond donors (Lipinski definition) is 17. The van der Waals surface area contributed by atoms with Gasteiger partial charge in [0.05, 0.1) is 24.6 Å². The predicted octanol–water partition coefficient (Wildman–Crippen LogP) is 1.43. The van der Waals surface area contributed by atoms with Crippen molar-refractivity contribution in [2.24, 2.45) is 17.1 Å². The monoisotopic (exact) mass is 1670 g/mol. The van der Waals surface area contributed by atoms with Crippen molar-refractivity contribution in [3.8, 4) is 0 Å². The van der Waals surface area contributed by atoms with E-state index in [1.807, 2.05) is 30.3 Å². The molecule has 36 heteroatoms. The molecular formula is C79H110N14O18S4. The summed E-state index contributed by atoms with van der Waals surface area (Å²) in [5.74, 6) is -10.2. The Labute approximate surface area is 682 Å². The zero-order chi connectivity index (χ0) is 84.5. The zero-order valence-electron chi connectivity index (χ0n) is 66.1. The molecule has 2 bridgehead atoms. The summed E-state index contributed by atoms with van der Waals surface area (Å²) in [6.45, 7) is 11.2. The first-order chi connectivity index (χ1) is 54.3. The number of carbonyl (C=O) groups is 12. The van der Waals surface area contributed by atoms with Crippen molar-refractivity contribution in [2.75, 3.05) is 29.1 Å². The zero-order valence-corrected chi connectivity index (χ0v) is 69.3. The van der Waals surface area contributed by atoms with E-state index >= 15 is 14.4 Å². The molecule has 12 amide bonds. The summed E-state index contributed by atoms with van der Waals surface area (Å²) in [6, 6.07) is 8.49. The minimum absolute atomic E-state index is 0.0117. The number of nitrogens with two attached hydrogens (primary N) is 1. The fourth-order valence-corrected chi connectivity index (χ4v) is 16.6. The second kappa shape index (κ2) is 43.6. The maximum atomic E-state index is 15.1. The van der Waals surface area contributed by atoms with Gasteiger partial charge in [-0.25, -0.2) is 8.42 Å². The van der Waals surface area contributed by atoms with Crippen LogP contribution in [0.15, 0.2) is 103 Å². The van der Waals surface area contributed by atoms with Crippen LogP contribution >= 0.6 is 34.9 Å². The van der Waals surface area contributed by atoms with Gasteiger partial charge >= 0.3 is 0 Å². The molecule has 5 aromatic rings. The van der Waals surface area contributed by atoms with E-state index in [0.29, 0.717) is 71.4 Å². The molecule has 628 valence electrons. The molecule has 3 heterocycles. The number of benzene rings is 3. The van der Waals surface area contributed by atoms with Gasteiger partial charge in [-0.1, -0.05) is 88.7 Å². The molecule has 2 aromatic heterocycles. The van der Waals surface area contributed by atoms with Crippen molar-refractivity contribution in [1.29, 1.82) is 0 Å². The number of nitrogens with zero attached hydrogens (tertiary/aromatic N) is 1. The highest BCUT2D eigenvalue weighted by Crippen LogP contribution is 2.30. The summed E-state index contributed by atoms with van der Waals surface area (Å²) in [6.07, 6.45) is 0.621. The number of sulfonamides is 1. The summed E-state index contributed by atoms with van der Waals surface area (Å²) >= 11 is 4.02. The third-order valence-corrected chi connectivity index (χ3v) is 23.3. The topological polar surface area (TPSA) is 503 Å². The number of primary amides is 1. The van der Waals surface area contributed by atoms with Gasteiger partial charge in [-0.05, 0) is 153 Å². The van der Waals surface area contributed by atoms with Gasteiger partial charge in [0, 0.05) is 78.1 Å². The van der Waals surface area contributed by atoms with Crippen LogP contribution in [0.3, 0.4) is 0 Å². The minimum Gasteiger partial charge on any atom is -0.396 e. The van der Waals surface area contributed by atoms with Crippen LogP contribution in [0.25, 0.3) is 10.1 Å². The highest BCUT2D eigenvalue weighted by molar-refractivity contribution is 7.98. The molecular weight excluding hydrogens is 1560 g/mol. The van der Waals surface area contributed by atoms with E-state index in [2.05, 4.69) is 68.2 Å². The van der Waals surface area contributed by atoms with E-state index in [9.17, 15) is 72.0 Å². The Balaban J connectivity index is 1.24. The molecule has 7 rings (SSSR count). The minimum atomic E-state index is -3.72. The Morgan fingerprint density at radius 3 is 1.73 bits per heavy atom. The number of amides is 12. The van der Waals surface area contributed by atoms with Gasteiger partial charge in [-0.15, -0.1) is 11.3 Å². The average Bonchev–Trinajstić information content (AvgIpc) is 1.45. The van der Waals surface area contributed by atoms with E-state index in [1.54, 1.807) is 63.4 Å². The molecule has 32 nitrogen and oxygen atoms in total. The van der Waals surface area contributed by atoms with E-state index in [0.717, 1.165) is 22.1 Å². The second-order valence-corrected chi connectivity index (χ2v) is 35.7. The summed E-state index contributed by atoms with van der Waals surface area (Å²) in [5, 5.41) is 75.1. The SMILES string of the molecule is CCC[C@@H]1NC(=O)[C@H](CC2CCC(O)CC2)NC(=O)[C@H](CCO)NC(=O)C(C)(C)NC(=O)[C@H](Cc2csc3ccccc23)NC(=O)[C@H]([C@@H](C)O)NC(=O)[C@H](Cc2ccncc2)NC(=O)[C@H](Cc2ccc(NS(C)(=O)=O)cc2)NC(=O)[C@H](C(C)(C)C)NC(=O)CCSCc2cccc(c2)CSC[C@@H](C(N)=O)NC(=O)[C@H]([C@@H](C)O)NC1=O. The third-order valence-electron chi connectivity index (χ3n) is 19.5. The summed E-state index contributed by atoms with van der Waals surface area (Å²) in [5.41, 5.74) is 6.16. The van der Waals surface area contributed by atoms with Crippen molar-refractivity contribution in [2.45, 2.75) is 228 Å². The number of nitrogens with one attached hydrogen (secondary N) is 12. The number of thioether (sulfide) groups is 2. The summed E-state index contributed by atoms with van der Waals surface area (Å²) in [7, 11) is -3.72. The molecule has 0 radical (unpaired) electrons. The third kappa shape index (κ3) is 29.4. The smallest absolute Gasteiger partial charge is 0.245 e. The lowest BCUT2D eigenvalue weighted by atomic mass is 9.83. The number of rotatable bonds is 17. The van der Waals surface area contributed by atoms with Gasteiger partial charge in [0.25, 0.3) is 0 Å². The van der Waals surface area contributed by atoms with E-state index in [-0.39, 0.29) is 55.9 Å². The number of anilines is 1. The van der Waals surface area contributed by atoms with Gasteiger partial charge < -0.3 is 84.6 Å².